The van der Waals surface area contributed by atoms with Gasteiger partial charge in [-0.2, -0.15) is 5.26 Å². The molecular formula is C31H37N3O5. The number of carboxylic acids is 1. The second kappa shape index (κ2) is 12.9. The Morgan fingerprint density at radius 2 is 1.77 bits per heavy atom. The Morgan fingerprint density at radius 3 is 2.36 bits per heavy atom. The number of rotatable bonds is 11. The first-order chi connectivity index (χ1) is 18.7. The summed E-state index contributed by atoms with van der Waals surface area (Å²) < 4.78 is 5.91. The van der Waals surface area contributed by atoms with Crippen LogP contribution >= 0.6 is 0 Å². The number of carbonyl (C=O) groups is 3. The number of hydrogen-bond acceptors (Lipinski definition) is 6. The number of benzene rings is 2. The third-order valence-electron chi connectivity index (χ3n) is 8.11. The van der Waals surface area contributed by atoms with Crippen molar-refractivity contribution < 1.29 is 24.2 Å². The summed E-state index contributed by atoms with van der Waals surface area (Å²) in [6, 6.07) is 16.1. The van der Waals surface area contributed by atoms with E-state index in [0.29, 0.717) is 11.5 Å². The Bertz CT molecular complexity index is 1210. The molecule has 1 heterocycles. The maximum Gasteiger partial charge on any atom is 0.306 e. The summed E-state index contributed by atoms with van der Waals surface area (Å²) >= 11 is 0. The maximum absolute atomic E-state index is 11.8. The van der Waals surface area contributed by atoms with Crippen molar-refractivity contribution in [2.24, 2.45) is 11.8 Å². The molecule has 2 amide bonds. The Balaban J connectivity index is 1.43. The van der Waals surface area contributed by atoms with Gasteiger partial charge in [-0.25, -0.2) is 0 Å². The summed E-state index contributed by atoms with van der Waals surface area (Å²) in [5, 5.41) is 18.6. The number of imide groups is 1. The van der Waals surface area contributed by atoms with Crippen LogP contribution < -0.4 is 4.74 Å². The van der Waals surface area contributed by atoms with E-state index < -0.39 is 5.97 Å². The topological polar surface area (TPSA) is 111 Å². The molecule has 1 N–H and O–H groups in total. The molecule has 4 rings (SSSR count). The molecule has 0 spiro atoms. The van der Waals surface area contributed by atoms with E-state index in [0.717, 1.165) is 61.2 Å². The number of hydrogen-bond donors (Lipinski definition) is 1. The highest BCUT2D eigenvalue weighted by atomic mass is 16.5. The van der Waals surface area contributed by atoms with Gasteiger partial charge in [0.15, 0.2) is 0 Å². The van der Waals surface area contributed by atoms with Crippen LogP contribution in [0.1, 0.15) is 73.7 Å². The van der Waals surface area contributed by atoms with Crippen molar-refractivity contribution in [2.45, 2.75) is 65.0 Å². The lowest BCUT2D eigenvalue weighted by molar-refractivity contribution is -0.143. The van der Waals surface area contributed by atoms with Gasteiger partial charge in [0.05, 0.1) is 24.1 Å². The number of aryl methyl sites for hydroxylation is 1. The van der Waals surface area contributed by atoms with Crippen LogP contribution in [0.5, 0.6) is 5.75 Å². The minimum Gasteiger partial charge on any atom is -0.491 e. The zero-order chi connectivity index (χ0) is 27.9. The van der Waals surface area contributed by atoms with Crippen molar-refractivity contribution >= 4 is 17.8 Å². The van der Waals surface area contributed by atoms with Gasteiger partial charge in [-0.3, -0.25) is 24.2 Å². The first-order valence-corrected chi connectivity index (χ1v) is 13.8. The van der Waals surface area contributed by atoms with Crippen molar-refractivity contribution in [2.75, 3.05) is 19.7 Å². The van der Waals surface area contributed by atoms with Gasteiger partial charge in [-0.15, -0.1) is 0 Å². The lowest BCUT2D eigenvalue weighted by Crippen LogP contribution is -2.34. The fraction of sp³-hybridized carbons (Fsp3) is 0.484. The lowest BCUT2D eigenvalue weighted by atomic mass is 9.81. The smallest absolute Gasteiger partial charge is 0.306 e. The van der Waals surface area contributed by atoms with Gasteiger partial charge in [-0.05, 0) is 80.3 Å². The molecule has 0 aromatic heterocycles. The SMILES string of the molecule is Cc1cc(CN(C[C@H]2CC[C@H](C(=O)O)CC2)C(C)c2ccc(C#N)cc2)ccc1OCCN1C(=O)CCC1=O. The summed E-state index contributed by atoms with van der Waals surface area (Å²) in [5.74, 6) is -0.0277. The largest absolute Gasteiger partial charge is 0.491 e. The molecular weight excluding hydrogens is 494 g/mol. The number of amides is 2. The van der Waals surface area contributed by atoms with Gasteiger partial charge in [0.1, 0.15) is 12.4 Å². The number of ether oxygens (including phenoxy) is 1. The number of aliphatic carboxylic acids is 1. The molecule has 2 aliphatic rings. The van der Waals surface area contributed by atoms with Gasteiger partial charge in [0.25, 0.3) is 0 Å². The molecule has 1 aliphatic carbocycles. The molecule has 8 nitrogen and oxygen atoms in total. The fourth-order valence-electron chi connectivity index (χ4n) is 5.66. The van der Waals surface area contributed by atoms with Crippen LogP contribution in [0.4, 0.5) is 0 Å². The number of carboxylic acid groups (broad SMARTS) is 1. The van der Waals surface area contributed by atoms with Gasteiger partial charge in [0, 0.05) is 32.0 Å². The normalized spacial score (nSPS) is 20.2. The average molecular weight is 532 g/mol. The summed E-state index contributed by atoms with van der Waals surface area (Å²) in [4.78, 5) is 38.8. The van der Waals surface area contributed by atoms with E-state index in [1.165, 1.54) is 4.90 Å². The monoisotopic (exact) mass is 531 g/mol. The predicted molar refractivity (Wildman–Crippen MR) is 146 cm³/mol. The Morgan fingerprint density at radius 1 is 1.10 bits per heavy atom. The minimum absolute atomic E-state index is 0.113. The highest BCUT2D eigenvalue weighted by Gasteiger charge is 2.29. The Hall–Kier alpha value is -3.70. The molecule has 2 fully saturated rings. The molecule has 1 atom stereocenters. The number of nitriles is 1. The van der Waals surface area contributed by atoms with Crippen molar-refractivity contribution in [1.82, 2.24) is 9.80 Å². The van der Waals surface area contributed by atoms with Crippen LogP contribution in [0.3, 0.4) is 0 Å². The molecule has 39 heavy (non-hydrogen) atoms. The van der Waals surface area contributed by atoms with E-state index >= 15 is 0 Å². The molecule has 206 valence electrons. The standard InChI is InChI=1S/C31H37N3O5/c1-21-17-25(7-12-28(21)39-16-15-34-29(35)13-14-30(34)36)20-33(19-24-5-10-27(11-6-24)31(37)38)22(2)26-8-3-23(18-32)4-9-26/h3-4,7-9,12,17,22,24,27H,5-6,10-11,13-16,19-20H2,1-2H3,(H,37,38)/t22?,24-,27-. The van der Waals surface area contributed by atoms with E-state index in [9.17, 15) is 24.8 Å². The minimum atomic E-state index is -0.687. The van der Waals surface area contributed by atoms with E-state index in [4.69, 9.17) is 4.74 Å². The van der Waals surface area contributed by atoms with Crippen molar-refractivity contribution in [3.63, 3.8) is 0 Å². The molecule has 0 bridgehead atoms. The van der Waals surface area contributed by atoms with Gasteiger partial charge >= 0.3 is 5.97 Å². The molecule has 2 aromatic rings. The van der Waals surface area contributed by atoms with Gasteiger partial charge in [-0.1, -0.05) is 24.3 Å². The molecule has 8 heteroatoms. The number of nitrogens with zero attached hydrogens (tertiary/aromatic N) is 3. The third-order valence-corrected chi connectivity index (χ3v) is 8.11. The molecule has 0 radical (unpaired) electrons. The van der Waals surface area contributed by atoms with Crippen LogP contribution in [-0.2, 0) is 20.9 Å². The zero-order valence-electron chi connectivity index (χ0n) is 22.8. The second-order valence-corrected chi connectivity index (χ2v) is 10.8. The maximum atomic E-state index is 11.8. The van der Waals surface area contributed by atoms with Gasteiger partial charge < -0.3 is 9.84 Å². The Labute approximate surface area is 230 Å². The predicted octanol–water partition coefficient (Wildman–Crippen LogP) is 4.85. The van der Waals surface area contributed by atoms with Crippen LogP contribution in [0.25, 0.3) is 0 Å². The van der Waals surface area contributed by atoms with Crippen molar-refractivity contribution in [1.29, 1.82) is 5.26 Å². The summed E-state index contributed by atoms with van der Waals surface area (Å²) in [6.45, 7) is 6.28. The van der Waals surface area contributed by atoms with E-state index in [-0.39, 0.29) is 49.8 Å². The fourth-order valence-corrected chi connectivity index (χ4v) is 5.66. The first kappa shape index (κ1) is 28.3. The Kier molecular flexibility index (Phi) is 9.36. The quantitative estimate of drug-likeness (QED) is 0.413. The van der Waals surface area contributed by atoms with Gasteiger partial charge in [0.2, 0.25) is 11.8 Å². The van der Waals surface area contributed by atoms with E-state index in [2.05, 4.69) is 24.0 Å². The highest BCUT2D eigenvalue weighted by molar-refractivity contribution is 6.01. The van der Waals surface area contributed by atoms with Crippen molar-refractivity contribution in [3.05, 3.63) is 64.7 Å². The molecule has 1 aliphatic heterocycles. The molecule has 1 unspecified atom stereocenters. The van der Waals surface area contributed by atoms with E-state index in [1.807, 2.05) is 43.3 Å². The second-order valence-electron chi connectivity index (χ2n) is 10.8. The van der Waals surface area contributed by atoms with Crippen molar-refractivity contribution in [3.8, 4) is 11.8 Å². The lowest BCUT2D eigenvalue weighted by Gasteiger charge is -2.35. The number of likely N-dealkylation sites (tertiary alicyclic amines) is 1. The first-order valence-electron chi connectivity index (χ1n) is 13.8. The molecule has 1 saturated heterocycles. The third kappa shape index (κ3) is 7.24. The number of carbonyl (C=O) groups excluding carboxylic acids is 2. The van der Waals surface area contributed by atoms with Crippen LogP contribution in [-0.4, -0.2) is 52.4 Å². The summed E-state index contributed by atoms with van der Waals surface area (Å²) in [7, 11) is 0. The summed E-state index contributed by atoms with van der Waals surface area (Å²) in [5.41, 5.74) is 3.90. The molecule has 1 saturated carbocycles. The highest BCUT2D eigenvalue weighted by Crippen LogP contribution is 2.33. The average Bonchev–Trinajstić information content (AvgIpc) is 3.26. The molecule has 2 aromatic carbocycles. The van der Waals surface area contributed by atoms with Crippen LogP contribution in [0, 0.1) is 30.1 Å². The summed E-state index contributed by atoms with van der Waals surface area (Å²) in [6.07, 6.45) is 3.82. The van der Waals surface area contributed by atoms with Crippen LogP contribution in [0.15, 0.2) is 42.5 Å². The van der Waals surface area contributed by atoms with Crippen LogP contribution in [0.2, 0.25) is 0 Å². The zero-order valence-corrected chi connectivity index (χ0v) is 22.8. The van der Waals surface area contributed by atoms with E-state index in [1.54, 1.807) is 0 Å².